The van der Waals surface area contributed by atoms with E-state index in [1.54, 1.807) is 17.0 Å². The van der Waals surface area contributed by atoms with Crippen molar-refractivity contribution in [3.05, 3.63) is 64.5 Å². The molecule has 1 saturated heterocycles. The van der Waals surface area contributed by atoms with Gasteiger partial charge in [-0.2, -0.15) is 0 Å². The molecular formula is C22H18N4O3S. The number of ether oxygens (including phenoxy) is 1. The number of anilines is 1. The van der Waals surface area contributed by atoms with Crippen molar-refractivity contribution in [3.63, 3.8) is 0 Å². The monoisotopic (exact) mass is 418 g/mol. The minimum Gasteiger partial charge on any atom is -0.457 e. The van der Waals surface area contributed by atoms with Crippen molar-refractivity contribution in [1.29, 1.82) is 0 Å². The number of hydrogen-bond donors (Lipinski definition) is 0. The molecule has 3 aromatic rings. The van der Waals surface area contributed by atoms with Crippen LogP contribution in [0, 0.1) is 6.57 Å². The first-order valence-corrected chi connectivity index (χ1v) is 10.5. The lowest BCUT2D eigenvalue weighted by Crippen LogP contribution is -2.50. The van der Waals surface area contributed by atoms with Crippen LogP contribution in [0.2, 0.25) is 0 Å². The van der Waals surface area contributed by atoms with Gasteiger partial charge in [-0.15, -0.1) is 0 Å². The number of nitrogens with zero attached hydrogens (tertiary/aromatic N) is 4. The van der Waals surface area contributed by atoms with E-state index in [0.29, 0.717) is 36.1 Å². The van der Waals surface area contributed by atoms with E-state index in [1.807, 2.05) is 24.3 Å². The summed E-state index contributed by atoms with van der Waals surface area (Å²) in [4.78, 5) is 36.2. The first-order chi connectivity index (χ1) is 14.6. The Labute approximate surface area is 177 Å². The molecule has 2 aromatic carbocycles. The molecule has 2 aliphatic rings. The third-order valence-corrected chi connectivity index (χ3v) is 6.54. The Morgan fingerprint density at radius 2 is 2.07 bits per heavy atom. The lowest BCUT2D eigenvalue weighted by molar-refractivity contribution is -0.121. The molecule has 1 amide bonds. The number of amides is 1. The number of esters is 1. The molecule has 0 aliphatic carbocycles. The first kappa shape index (κ1) is 18.7. The van der Waals surface area contributed by atoms with Crippen molar-refractivity contribution < 1.29 is 14.3 Å². The van der Waals surface area contributed by atoms with Crippen molar-refractivity contribution >= 4 is 44.2 Å². The van der Waals surface area contributed by atoms with Gasteiger partial charge in [0.15, 0.2) is 10.8 Å². The van der Waals surface area contributed by atoms with Crippen molar-refractivity contribution in [2.45, 2.75) is 13.0 Å². The quantitative estimate of drug-likeness (QED) is 0.480. The number of rotatable bonds is 4. The number of carbonyl (C=O) groups is 2. The minimum atomic E-state index is -0.251. The third kappa shape index (κ3) is 3.43. The van der Waals surface area contributed by atoms with Gasteiger partial charge in [0.25, 0.3) is 0 Å². The van der Waals surface area contributed by atoms with E-state index in [-0.39, 0.29) is 11.9 Å². The van der Waals surface area contributed by atoms with Gasteiger partial charge in [-0.05, 0) is 24.1 Å². The highest BCUT2D eigenvalue weighted by molar-refractivity contribution is 7.22. The highest BCUT2D eigenvalue weighted by atomic mass is 32.1. The summed E-state index contributed by atoms with van der Waals surface area (Å²) in [5.41, 5.74) is 4.05. The largest absolute Gasteiger partial charge is 0.457 e. The SMILES string of the molecule is [C-]#[N+]c1ccc2sc(N3CCN(CCc4ccc5c(c4)COC5=O)CC3=O)nc2c1. The summed E-state index contributed by atoms with van der Waals surface area (Å²) < 4.78 is 6.03. The van der Waals surface area contributed by atoms with Gasteiger partial charge in [-0.3, -0.25) is 14.6 Å². The Bertz CT molecular complexity index is 1210. The number of piperazine rings is 1. The normalized spacial score (nSPS) is 16.6. The number of fused-ring (bicyclic) bond motifs is 2. The summed E-state index contributed by atoms with van der Waals surface area (Å²) in [6.45, 7) is 9.99. The summed E-state index contributed by atoms with van der Waals surface area (Å²) in [7, 11) is 0. The molecule has 0 atom stereocenters. The van der Waals surface area contributed by atoms with E-state index in [0.717, 1.165) is 40.9 Å². The lowest BCUT2D eigenvalue weighted by atomic mass is 10.0. The van der Waals surface area contributed by atoms with E-state index in [2.05, 4.69) is 14.7 Å². The molecule has 30 heavy (non-hydrogen) atoms. The molecule has 0 N–H and O–H groups in total. The van der Waals surface area contributed by atoms with Crippen LogP contribution >= 0.6 is 11.3 Å². The molecule has 3 heterocycles. The van der Waals surface area contributed by atoms with Gasteiger partial charge in [0, 0.05) is 25.2 Å². The molecule has 8 heteroatoms. The van der Waals surface area contributed by atoms with Gasteiger partial charge in [0.05, 0.1) is 28.9 Å². The smallest absolute Gasteiger partial charge is 0.338 e. The number of carbonyl (C=O) groups excluding carboxylic acids is 2. The fourth-order valence-corrected chi connectivity index (χ4v) is 4.82. The van der Waals surface area contributed by atoms with Crippen LogP contribution in [0.1, 0.15) is 21.5 Å². The predicted molar refractivity (Wildman–Crippen MR) is 114 cm³/mol. The van der Waals surface area contributed by atoms with E-state index in [1.165, 1.54) is 11.3 Å². The molecule has 0 radical (unpaired) electrons. The van der Waals surface area contributed by atoms with Crippen LogP contribution in [0.4, 0.5) is 10.8 Å². The van der Waals surface area contributed by atoms with Crippen molar-refractivity contribution in [2.24, 2.45) is 0 Å². The Morgan fingerprint density at radius 1 is 1.17 bits per heavy atom. The van der Waals surface area contributed by atoms with Crippen molar-refractivity contribution in [1.82, 2.24) is 9.88 Å². The zero-order valence-corrected chi connectivity index (χ0v) is 16.9. The average molecular weight is 418 g/mol. The Balaban J connectivity index is 1.22. The zero-order chi connectivity index (χ0) is 20.7. The maximum absolute atomic E-state index is 12.8. The Morgan fingerprint density at radius 3 is 2.90 bits per heavy atom. The van der Waals surface area contributed by atoms with Crippen molar-refractivity contribution in [2.75, 3.05) is 31.1 Å². The number of thiazole rings is 1. The molecule has 0 bridgehead atoms. The highest BCUT2D eigenvalue weighted by Gasteiger charge is 2.27. The highest BCUT2D eigenvalue weighted by Crippen LogP contribution is 2.32. The van der Waals surface area contributed by atoms with E-state index >= 15 is 0 Å². The second-order valence-corrected chi connectivity index (χ2v) is 8.41. The summed E-state index contributed by atoms with van der Waals surface area (Å²) in [5, 5.41) is 0.695. The Kier molecular flexibility index (Phi) is 4.69. The number of cyclic esters (lactones) is 1. The molecule has 2 aliphatic heterocycles. The van der Waals surface area contributed by atoms with Crippen LogP contribution < -0.4 is 4.90 Å². The van der Waals surface area contributed by atoms with Crippen molar-refractivity contribution in [3.8, 4) is 0 Å². The maximum atomic E-state index is 12.8. The molecule has 5 rings (SSSR count). The van der Waals surface area contributed by atoms with Crippen LogP contribution in [0.3, 0.4) is 0 Å². The summed E-state index contributed by atoms with van der Waals surface area (Å²) >= 11 is 1.48. The van der Waals surface area contributed by atoms with E-state index < -0.39 is 0 Å². The predicted octanol–water partition coefficient (Wildman–Crippen LogP) is 3.41. The topological polar surface area (TPSA) is 67.1 Å². The summed E-state index contributed by atoms with van der Waals surface area (Å²) in [5.74, 6) is -0.211. The van der Waals surface area contributed by atoms with Crippen LogP contribution in [-0.4, -0.2) is 47.9 Å². The molecule has 150 valence electrons. The molecule has 1 aromatic heterocycles. The third-order valence-electron chi connectivity index (χ3n) is 5.48. The molecule has 1 fully saturated rings. The van der Waals surface area contributed by atoms with Gasteiger partial charge in [-0.25, -0.2) is 14.6 Å². The van der Waals surface area contributed by atoms with Gasteiger partial charge < -0.3 is 4.74 Å². The minimum absolute atomic E-state index is 0.0404. The second kappa shape index (κ2) is 7.52. The second-order valence-electron chi connectivity index (χ2n) is 7.40. The Hall–Kier alpha value is -3.28. The van der Waals surface area contributed by atoms with Crippen LogP contribution in [-0.2, 0) is 22.6 Å². The molecular weight excluding hydrogens is 400 g/mol. The number of aromatic nitrogens is 1. The van der Waals surface area contributed by atoms with E-state index in [4.69, 9.17) is 11.3 Å². The van der Waals surface area contributed by atoms with Gasteiger partial charge in [0.2, 0.25) is 5.91 Å². The summed E-state index contributed by atoms with van der Waals surface area (Å²) in [6.07, 6.45) is 0.815. The lowest BCUT2D eigenvalue weighted by Gasteiger charge is -2.32. The van der Waals surface area contributed by atoms with E-state index in [9.17, 15) is 9.59 Å². The first-order valence-electron chi connectivity index (χ1n) is 9.70. The average Bonchev–Trinajstić information content (AvgIpc) is 3.35. The summed E-state index contributed by atoms with van der Waals surface area (Å²) in [6, 6.07) is 11.2. The fourth-order valence-electron chi connectivity index (χ4n) is 3.83. The standard InChI is InChI=1S/C22H18N4O3S/c1-23-16-3-5-19-18(11-16)24-22(30-19)26-9-8-25(12-20(26)27)7-6-14-2-4-17-15(10-14)13-29-21(17)28/h2-5,10-11H,6-9,12-13H2. The fraction of sp³-hybridized carbons (Fsp3) is 0.273. The molecule has 0 spiro atoms. The number of benzene rings is 2. The van der Waals surface area contributed by atoms with Gasteiger partial charge >= 0.3 is 5.97 Å². The van der Waals surface area contributed by atoms with Gasteiger partial charge in [0.1, 0.15) is 6.61 Å². The van der Waals surface area contributed by atoms with Crippen LogP contribution in [0.25, 0.3) is 15.1 Å². The number of hydrogen-bond acceptors (Lipinski definition) is 6. The molecule has 0 unspecified atom stereocenters. The van der Waals surface area contributed by atoms with Gasteiger partial charge in [-0.1, -0.05) is 35.6 Å². The van der Waals surface area contributed by atoms with Crippen LogP contribution in [0.5, 0.6) is 0 Å². The maximum Gasteiger partial charge on any atom is 0.338 e. The zero-order valence-electron chi connectivity index (χ0n) is 16.1. The van der Waals surface area contributed by atoms with Crippen LogP contribution in [0.15, 0.2) is 36.4 Å². The molecule has 0 saturated carbocycles. The molecule has 7 nitrogen and oxygen atoms in total.